The average Bonchev–Trinajstić information content (AvgIpc) is 2.72. The third-order valence-corrected chi connectivity index (χ3v) is 6.66. The van der Waals surface area contributed by atoms with Gasteiger partial charge in [-0.05, 0) is 43.4 Å². The first-order chi connectivity index (χ1) is 13.9. The van der Waals surface area contributed by atoms with Gasteiger partial charge >= 0.3 is 0 Å². The Hall–Kier alpha value is -1.79. The minimum absolute atomic E-state index is 0.0649. The van der Waals surface area contributed by atoms with Crippen molar-refractivity contribution in [1.82, 2.24) is 4.90 Å². The first kappa shape index (κ1) is 21.9. The van der Waals surface area contributed by atoms with Gasteiger partial charge in [-0.3, -0.25) is 4.79 Å². The number of piperazine rings is 1. The van der Waals surface area contributed by atoms with Gasteiger partial charge in [-0.25, -0.2) is 0 Å². The lowest BCUT2D eigenvalue weighted by molar-refractivity contribution is -1.02. The zero-order valence-corrected chi connectivity index (χ0v) is 18.8. The molecule has 2 fully saturated rings. The minimum atomic E-state index is 0.0649. The van der Waals surface area contributed by atoms with Gasteiger partial charge in [-0.2, -0.15) is 0 Å². The Kier molecular flexibility index (Phi) is 7.41. The standard InChI is InChI=1S/C23H37N3O3/c1-17-12-18(2)15-26(14-17)23(27)19(3)25-10-8-24(9-11-25)16-20-6-7-21(28-4)22(13-20)29-5/h6-7,13,17-19H,8-12,14-16H2,1-5H3/p+2/t17-,18+,19-/m1/s1. The summed E-state index contributed by atoms with van der Waals surface area (Å²) < 4.78 is 10.8. The van der Waals surface area contributed by atoms with E-state index in [0.29, 0.717) is 17.7 Å². The molecule has 1 aromatic rings. The SMILES string of the molecule is COc1ccc(C[NH+]2CC[NH+]([C@H](C)C(=O)N3C[C@H](C)C[C@H](C)C3)CC2)cc1OC. The van der Waals surface area contributed by atoms with E-state index in [1.165, 1.54) is 16.9 Å². The lowest BCUT2D eigenvalue weighted by Crippen LogP contribution is -3.29. The predicted molar refractivity (Wildman–Crippen MR) is 114 cm³/mol. The molecule has 2 saturated heterocycles. The second kappa shape index (κ2) is 9.81. The van der Waals surface area contributed by atoms with Crippen LogP contribution in [-0.4, -0.2) is 70.3 Å². The van der Waals surface area contributed by atoms with E-state index in [4.69, 9.17) is 9.47 Å². The van der Waals surface area contributed by atoms with Crippen molar-refractivity contribution in [3.63, 3.8) is 0 Å². The van der Waals surface area contributed by atoms with Gasteiger partial charge in [-0.15, -0.1) is 0 Å². The molecule has 2 heterocycles. The summed E-state index contributed by atoms with van der Waals surface area (Å²) in [6.07, 6.45) is 1.24. The van der Waals surface area contributed by atoms with Crippen molar-refractivity contribution in [2.75, 3.05) is 53.5 Å². The highest BCUT2D eigenvalue weighted by Crippen LogP contribution is 2.27. The van der Waals surface area contributed by atoms with Crippen LogP contribution in [0.1, 0.15) is 32.8 Å². The number of piperidine rings is 1. The van der Waals surface area contributed by atoms with E-state index in [1.807, 2.05) is 6.07 Å². The molecule has 0 aromatic heterocycles. The molecule has 0 aliphatic carbocycles. The summed E-state index contributed by atoms with van der Waals surface area (Å²) in [5.74, 6) is 3.15. The molecule has 2 N–H and O–H groups in total. The van der Waals surface area contributed by atoms with Gasteiger partial charge in [0.15, 0.2) is 17.5 Å². The van der Waals surface area contributed by atoms with Gasteiger partial charge in [0.2, 0.25) is 0 Å². The maximum absolute atomic E-state index is 13.1. The number of hydrogen-bond acceptors (Lipinski definition) is 3. The Morgan fingerprint density at radius 2 is 1.69 bits per heavy atom. The number of quaternary nitrogens is 2. The molecule has 6 nitrogen and oxygen atoms in total. The first-order valence-electron chi connectivity index (χ1n) is 11.1. The molecule has 3 rings (SSSR count). The van der Waals surface area contributed by atoms with Crippen molar-refractivity contribution in [1.29, 1.82) is 0 Å². The van der Waals surface area contributed by atoms with Crippen LogP contribution >= 0.6 is 0 Å². The lowest BCUT2D eigenvalue weighted by Gasteiger charge is -2.38. The van der Waals surface area contributed by atoms with Gasteiger partial charge in [0.1, 0.15) is 32.7 Å². The van der Waals surface area contributed by atoms with Crippen LogP contribution in [0.5, 0.6) is 11.5 Å². The van der Waals surface area contributed by atoms with Gasteiger partial charge in [-0.1, -0.05) is 13.8 Å². The summed E-state index contributed by atoms with van der Waals surface area (Å²) in [5.41, 5.74) is 1.27. The number of nitrogens with one attached hydrogen (secondary N) is 2. The number of nitrogens with zero attached hydrogens (tertiary/aromatic N) is 1. The number of carbonyl (C=O) groups excluding carboxylic acids is 1. The van der Waals surface area contributed by atoms with Gasteiger partial charge in [0.05, 0.1) is 14.2 Å². The highest BCUT2D eigenvalue weighted by molar-refractivity contribution is 5.80. The van der Waals surface area contributed by atoms with E-state index in [0.717, 1.165) is 57.3 Å². The van der Waals surface area contributed by atoms with E-state index < -0.39 is 0 Å². The Labute approximate surface area is 175 Å². The number of benzene rings is 1. The van der Waals surface area contributed by atoms with Gasteiger partial charge in [0, 0.05) is 18.7 Å². The van der Waals surface area contributed by atoms with Crippen LogP contribution in [0.25, 0.3) is 0 Å². The fourth-order valence-corrected chi connectivity index (χ4v) is 5.11. The number of methoxy groups -OCH3 is 2. The molecule has 0 bridgehead atoms. The normalized spacial score (nSPS) is 28.7. The third kappa shape index (κ3) is 5.43. The Bertz CT molecular complexity index is 678. The van der Waals surface area contributed by atoms with Crippen LogP contribution < -0.4 is 19.3 Å². The van der Waals surface area contributed by atoms with E-state index in [1.54, 1.807) is 19.1 Å². The Morgan fingerprint density at radius 3 is 2.28 bits per heavy atom. The topological polar surface area (TPSA) is 47.7 Å². The zero-order valence-electron chi connectivity index (χ0n) is 18.8. The summed E-state index contributed by atoms with van der Waals surface area (Å²) in [6, 6.07) is 6.25. The Balaban J connectivity index is 1.51. The number of ether oxygens (including phenoxy) is 2. The quantitative estimate of drug-likeness (QED) is 0.694. The summed E-state index contributed by atoms with van der Waals surface area (Å²) in [4.78, 5) is 18.2. The molecule has 0 spiro atoms. The van der Waals surface area contributed by atoms with Crippen molar-refractivity contribution in [2.24, 2.45) is 11.8 Å². The van der Waals surface area contributed by atoms with Crippen molar-refractivity contribution in [2.45, 2.75) is 39.8 Å². The lowest BCUT2D eigenvalue weighted by atomic mass is 9.91. The molecule has 162 valence electrons. The summed E-state index contributed by atoms with van der Waals surface area (Å²) in [5, 5.41) is 0. The van der Waals surface area contributed by atoms with Crippen LogP contribution in [0.15, 0.2) is 18.2 Å². The monoisotopic (exact) mass is 405 g/mol. The van der Waals surface area contributed by atoms with Crippen LogP contribution in [0.2, 0.25) is 0 Å². The molecule has 1 aromatic carbocycles. The fraction of sp³-hybridized carbons (Fsp3) is 0.696. The predicted octanol–water partition coefficient (Wildman–Crippen LogP) is -0.120. The molecule has 2 aliphatic heterocycles. The van der Waals surface area contributed by atoms with E-state index in [2.05, 4.69) is 37.8 Å². The van der Waals surface area contributed by atoms with Crippen molar-refractivity contribution in [3.05, 3.63) is 23.8 Å². The fourth-order valence-electron chi connectivity index (χ4n) is 5.11. The molecule has 0 radical (unpaired) electrons. The molecule has 3 atom stereocenters. The number of rotatable bonds is 6. The minimum Gasteiger partial charge on any atom is -0.493 e. The molecule has 29 heavy (non-hydrogen) atoms. The number of amides is 1. The molecular weight excluding hydrogens is 366 g/mol. The van der Waals surface area contributed by atoms with Crippen molar-refractivity contribution >= 4 is 5.91 Å². The van der Waals surface area contributed by atoms with Crippen LogP contribution in [-0.2, 0) is 11.3 Å². The van der Waals surface area contributed by atoms with Crippen LogP contribution in [0.3, 0.4) is 0 Å². The maximum atomic E-state index is 13.1. The highest BCUT2D eigenvalue weighted by Gasteiger charge is 2.35. The second-order valence-electron chi connectivity index (χ2n) is 9.19. The molecular formula is C23H39N3O3+2. The van der Waals surface area contributed by atoms with Crippen molar-refractivity contribution in [3.8, 4) is 11.5 Å². The average molecular weight is 406 g/mol. The smallest absolute Gasteiger partial charge is 0.280 e. The summed E-state index contributed by atoms with van der Waals surface area (Å²) in [6.45, 7) is 13.8. The third-order valence-electron chi connectivity index (χ3n) is 6.66. The second-order valence-corrected chi connectivity index (χ2v) is 9.19. The largest absolute Gasteiger partial charge is 0.493 e. The van der Waals surface area contributed by atoms with E-state index >= 15 is 0 Å². The molecule has 2 aliphatic rings. The molecule has 0 unspecified atom stereocenters. The summed E-state index contributed by atoms with van der Waals surface area (Å²) >= 11 is 0. The number of hydrogen-bond donors (Lipinski definition) is 2. The molecule has 0 saturated carbocycles. The number of likely N-dealkylation sites (tertiary alicyclic amines) is 1. The zero-order chi connectivity index (χ0) is 21.0. The van der Waals surface area contributed by atoms with Gasteiger partial charge < -0.3 is 24.2 Å². The highest BCUT2D eigenvalue weighted by atomic mass is 16.5. The Morgan fingerprint density at radius 1 is 1.07 bits per heavy atom. The first-order valence-corrected chi connectivity index (χ1v) is 11.1. The molecule has 6 heteroatoms. The van der Waals surface area contributed by atoms with Crippen LogP contribution in [0.4, 0.5) is 0 Å². The van der Waals surface area contributed by atoms with E-state index in [-0.39, 0.29) is 6.04 Å². The number of carbonyl (C=O) groups is 1. The summed E-state index contributed by atoms with van der Waals surface area (Å²) in [7, 11) is 3.34. The maximum Gasteiger partial charge on any atom is 0.280 e. The van der Waals surface area contributed by atoms with Gasteiger partial charge in [0.25, 0.3) is 5.91 Å². The molecule has 1 amide bonds. The van der Waals surface area contributed by atoms with E-state index in [9.17, 15) is 4.79 Å². The van der Waals surface area contributed by atoms with Crippen molar-refractivity contribution < 1.29 is 24.1 Å². The van der Waals surface area contributed by atoms with Crippen LogP contribution in [0, 0.1) is 11.8 Å².